The van der Waals surface area contributed by atoms with Gasteiger partial charge in [0, 0.05) is 12.6 Å². The van der Waals surface area contributed by atoms with Crippen molar-refractivity contribution in [2.75, 3.05) is 20.2 Å². The van der Waals surface area contributed by atoms with Crippen LogP contribution in [0.15, 0.2) is 60.7 Å². The van der Waals surface area contributed by atoms with Gasteiger partial charge in [0.25, 0.3) is 0 Å². The van der Waals surface area contributed by atoms with E-state index >= 15 is 0 Å². The monoisotopic (exact) mass is 589 g/mol. The van der Waals surface area contributed by atoms with Crippen LogP contribution >= 0.6 is 23.5 Å². The minimum absolute atomic E-state index is 0.105. The van der Waals surface area contributed by atoms with Crippen LogP contribution in [0.1, 0.15) is 88.2 Å². The Morgan fingerprint density at radius 2 is 1.38 bits per heavy atom. The number of hydrogen-bond acceptors (Lipinski definition) is 5. The summed E-state index contributed by atoms with van der Waals surface area (Å²) in [6, 6.07) is 20.1. The van der Waals surface area contributed by atoms with E-state index in [-0.39, 0.29) is 18.0 Å². The van der Waals surface area contributed by atoms with E-state index in [9.17, 15) is 4.79 Å². The Kier molecular flexibility index (Phi) is 12.6. The molecular formula is C33H45Cl2NO4. The molecule has 2 aromatic carbocycles. The van der Waals surface area contributed by atoms with Gasteiger partial charge in [-0.05, 0) is 62.1 Å². The summed E-state index contributed by atoms with van der Waals surface area (Å²) in [7, 11) is 1.39. The first-order chi connectivity index (χ1) is 19.6. The van der Waals surface area contributed by atoms with Crippen molar-refractivity contribution in [3.8, 4) is 0 Å². The number of nitrogens with zero attached hydrogens (tertiary/aromatic N) is 1. The number of alkyl halides is 1. The van der Waals surface area contributed by atoms with Gasteiger partial charge in [0.1, 0.15) is 11.7 Å². The number of carbonyl (C=O) groups excluding carboxylic acids is 1. The highest BCUT2D eigenvalue weighted by molar-refractivity contribution is 6.20. The second-order valence-electron chi connectivity index (χ2n) is 11.4. The molecule has 2 saturated heterocycles. The minimum Gasteiger partial charge on any atom is -0.460 e. The molecule has 5 rings (SSSR count). The predicted octanol–water partition coefficient (Wildman–Crippen LogP) is 8.22. The standard InChI is InChI=1S/C32H42ClNO3.CH3ClO/c33-30(25-14-6-3-7-15-25)37-32(26-16-8-4-9-17-26,27-18-10-5-11-19-27)31(35)36-29-21-23-34-22-13-2-1-12-20-28(34)24-29;1-3-2/h4-5,8-11,16-19,25,28-30H,1-3,6-7,12-15,20-24H2;1H3. The second-order valence-corrected chi connectivity index (χ2v) is 12.1. The smallest absolute Gasteiger partial charge is 0.348 e. The van der Waals surface area contributed by atoms with Gasteiger partial charge < -0.3 is 14.4 Å². The van der Waals surface area contributed by atoms with Crippen LogP contribution in [0.25, 0.3) is 0 Å². The maximum atomic E-state index is 14.4. The summed E-state index contributed by atoms with van der Waals surface area (Å²) in [5.41, 5.74) is -0.419. The fourth-order valence-electron chi connectivity index (χ4n) is 6.64. The van der Waals surface area contributed by atoms with Gasteiger partial charge in [-0.2, -0.15) is 0 Å². The molecule has 3 atom stereocenters. The average Bonchev–Trinajstić information content (AvgIpc) is 2.98. The zero-order valence-corrected chi connectivity index (χ0v) is 25.3. The molecule has 2 heterocycles. The molecule has 40 heavy (non-hydrogen) atoms. The third-order valence-electron chi connectivity index (χ3n) is 8.75. The highest BCUT2D eigenvalue weighted by Crippen LogP contribution is 2.41. The van der Waals surface area contributed by atoms with Crippen molar-refractivity contribution in [3.05, 3.63) is 71.8 Å². The lowest BCUT2D eigenvalue weighted by Crippen LogP contribution is -2.49. The van der Waals surface area contributed by atoms with Gasteiger partial charge in [0.2, 0.25) is 5.60 Å². The van der Waals surface area contributed by atoms with Crippen LogP contribution in [0.2, 0.25) is 0 Å². The van der Waals surface area contributed by atoms with E-state index in [2.05, 4.69) is 21.1 Å². The van der Waals surface area contributed by atoms with Crippen LogP contribution in [-0.4, -0.2) is 48.8 Å². The SMILES string of the molecule is COCl.O=C(OC1CCN2CCCCCCC2C1)C(OC(Cl)C1CCCCC1)(c1ccccc1)c1ccccc1. The van der Waals surface area contributed by atoms with Crippen molar-refractivity contribution in [2.45, 2.75) is 100 Å². The van der Waals surface area contributed by atoms with Gasteiger partial charge in [-0.3, -0.25) is 4.29 Å². The molecule has 0 aromatic heterocycles. The molecule has 0 bridgehead atoms. The van der Waals surface area contributed by atoms with Crippen LogP contribution in [-0.2, 0) is 24.2 Å². The molecule has 5 nitrogen and oxygen atoms in total. The Bertz CT molecular complexity index is 963. The molecule has 7 heteroatoms. The van der Waals surface area contributed by atoms with E-state index < -0.39 is 11.2 Å². The number of benzene rings is 2. The lowest BCUT2D eigenvalue weighted by Gasteiger charge is -2.42. The number of rotatable bonds is 7. The van der Waals surface area contributed by atoms with Crippen molar-refractivity contribution in [1.29, 1.82) is 0 Å². The molecule has 3 aliphatic rings. The van der Waals surface area contributed by atoms with Crippen molar-refractivity contribution in [2.24, 2.45) is 5.92 Å². The summed E-state index contributed by atoms with van der Waals surface area (Å²) in [4.78, 5) is 17.0. The van der Waals surface area contributed by atoms with E-state index in [1.807, 2.05) is 60.7 Å². The molecule has 3 fully saturated rings. The molecule has 0 N–H and O–H groups in total. The lowest BCUT2D eigenvalue weighted by molar-refractivity contribution is -0.182. The van der Waals surface area contributed by atoms with Crippen molar-refractivity contribution >= 4 is 29.4 Å². The zero-order chi connectivity index (χ0) is 28.2. The topological polar surface area (TPSA) is 48.0 Å². The maximum Gasteiger partial charge on any atom is 0.348 e. The molecule has 0 radical (unpaired) electrons. The first-order valence-corrected chi connectivity index (χ1v) is 15.9. The Balaban J connectivity index is 0.00000118. The normalized spacial score (nSPS) is 23.5. The van der Waals surface area contributed by atoms with Crippen LogP contribution < -0.4 is 0 Å². The summed E-state index contributed by atoms with van der Waals surface area (Å²) in [5.74, 6) is -0.108. The Labute approximate surface area is 250 Å². The van der Waals surface area contributed by atoms with Gasteiger partial charge in [-0.25, -0.2) is 4.79 Å². The fraction of sp³-hybridized carbons (Fsp3) is 0.606. The Morgan fingerprint density at radius 1 is 0.825 bits per heavy atom. The van der Waals surface area contributed by atoms with Gasteiger partial charge in [0.15, 0.2) is 0 Å². The van der Waals surface area contributed by atoms with Crippen molar-refractivity contribution < 1.29 is 18.6 Å². The maximum absolute atomic E-state index is 14.4. The predicted molar refractivity (Wildman–Crippen MR) is 161 cm³/mol. The van der Waals surface area contributed by atoms with Gasteiger partial charge >= 0.3 is 5.97 Å². The summed E-state index contributed by atoms with van der Waals surface area (Å²) >= 11 is 11.5. The Hall–Kier alpha value is -1.63. The molecule has 0 spiro atoms. The second kappa shape index (κ2) is 16.1. The number of esters is 1. The number of halogens is 2. The van der Waals surface area contributed by atoms with E-state index in [0.29, 0.717) is 6.04 Å². The third kappa shape index (κ3) is 8.01. The fourth-order valence-corrected chi connectivity index (χ4v) is 7.03. The largest absolute Gasteiger partial charge is 0.460 e. The van der Waals surface area contributed by atoms with Crippen molar-refractivity contribution in [1.82, 2.24) is 4.90 Å². The lowest BCUT2D eigenvalue weighted by atomic mass is 9.84. The number of fused-ring (bicyclic) bond motifs is 1. The molecule has 1 saturated carbocycles. The van der Waals surface area contributed by atoms with E-state index in [1.165, 1.54) is 52.2 Å². The van der Waals surface area contributed by atoms with Gasteiger partial charge in [0.05, 0.1) is 19.0 Å². The first kappa shape index (κ1) is 31.3. The quantitative estimate of drug-likeness (QED) is 0.240. The highest BCUT2D eigenvalue weighted by atomic mass is 35.5. The van der Waals surface area contributed by atoms with Crippen LogP contribution in [0.3, 0.4) is 0 Å². The Morgan fingerprint density at radius 3 is 2.00 bits per heavy atom. The van der Waals surface area contributed by atoms with Crippen LogP contribution in [0.5, 0.6) is 0 Å². The molecule has 2 aliphatic heterocycles. The molecule has 1 aliphatic carbocycles. The molecule has 220 valence electrons. The molecule has 3 unspecified atom stereocenters. The van der Waals surface area contributed by atoms with E-state index in [1.54, 1.807) is 0 Å². The van der Waals surface area contributed by atoms with E-state index in [4.69, 9.17) is 21.1 Å². The number of ether oxygens (including phenoxy) is 2. The molecular weight excluding hydrogens is 545 g/mol. The molecule has 2 aromatic rings. The number of piperidine rings is 1. The molecule has 0 amide bonds. The van der Waals surface area contributed by atoms with Gasteiger partial charge in [-0.1, -0.05) is 111 Å². The summed E-state index contributed by atoms with van der Waals surface area (Å²) in [5, 5.41) is 0. The van der Waals surface area contributed by atoms with Crippen LogP contribution in [0, 0.1) is 5.92 Å². The van der Waals surface area contributed by atoms with Crippen molar-refractivity contribution in [3.63, 3.8) is 0 Å². The highest BCUT2D eigenvalue weighted by Gasteiger charge is 2.49. The summed E-state index contributed by atoms with van der Waals surface area (Å²) < 4.78 is 16.9. The first-order valence-electron chi connectivity index (χ1n) is 15.1. The third-order valence-corrected chi connectivity index (χ3v) is 9.20. The number of hydrogen-bond donors (Lipinski definition) is 0. The minimum atomic E-state index is -1.40. The van der Waals surface area contributed by atoms with E-state index in [0.717, 1.165) is 56.2 Å². The van der Waals surface area contributed by atoms with Crippen LogP contribution in [0.4, 0.5) is 0 Å². The van der Waals surface area contributed by atoms with Gasteiger partial charge in [-0.15, -0.1) is 0 Å². The number of carbonyl (C=O) groups is 1. The zero-order valence-electron chi connectivity index (χ0n) is 23.8. The summed E-state index contributed by atoms with van der Waals surface area (Å²) in [6.45, 7) is 2.16. The summed E-state index contributed by atoms with van der Waals surface area (Å²) in [6.07, 6.45) is 13.7. The average molecular weight is 591 g/mol.